The summed E-state index contributed by atoms with van der Waals surface area (Å²) in [6.07, 6.45) is 8.05. The molecule has 0 aliphatic carbocycles. The molecule has 1 N–H and O–H groups in total. The summed E-state index contributed by atoms with van der Waals surface area (Å²) in [5, 5.41) is 14.1. The average Bonchev–Trinajstić information content (AvgIpc) is 3.45. The molecule has 4 aromatic rings. The molecule has 0 saturated carbocycles. The van der Waals surface area contributed by atoms with Gasteiger partial charge in [0.05, 0.1) is 18.3 Å². The Morgan fingerprint density at radius 2 is 2.10 bits per heavy atom. The number of rotatable bonds is 5. The van der Waals surface area contributed by atoms with Gasteiger partial charge in [-0.25, -0.2) is 0 Å². The molecule has 148 valence electrons. The molecule has 8 nitrogen and oxygen atoms in total. The van der Waals surface area contributed by atoms with Gasteiger partial charge in [0.1, 0.15) is 0 Å². The first kappa shape index (κ1) is 17.7. The summed E-state index contributed by atoms with van der Waals surface area (Å²) in [6.45, 7) is 1.91. The van der Waals surface area contributed by atoms with Crippen LogP contribution in [0.2, 0.25) is 0 Å². The van der Waals surface area contributed by atoms with Gasteiger partial charge in [-0.1, -0.05) is 18.2 Å². The van der Waals surface area contributed by atoms with E-state index in [1.54, 1.807) is 10.9 Å². The molecule has 0 saturated heterocycles. The number of nitrogens with zero attached hydrogens (tertiary/aromatic N) is 6. The first-order chi connectivity index (χ1) is 14.2. The number of carbonyl (C=O) groups is 1. The largest absolute Gasteiger partial charge is 0.361 e. The molecule has 0 spiro atoms. The van der Waals surface area contributed by atoms with Crippen molar-refractivity contribution in [2.75, 3.05) is 6.54 Å². The fraction of sp³-hybridized carbons (Fsp3) is 0.333. The number of para-hydroxylation sites is 1. The smallest absolute Gasteiger partial charge is 0.223 e. The lowest BCUT2D eigenvalue weighted by molar-refractivity contribution is -0.132. The number of fused-ring (bicyclic) bond motifs is 2. The molecular weight excluding hydrogens is 366 g/mol. The molecule has 8 heteroatoms. The molecule has 1 amide bonds. The monoisotopic (exact) mass is 389 g/mol. The number of nitrogens with one attached hydrogen (secondary N) is 1. The minimum absolute atomic E-state index is 0.182. The Hall–Kier alpha value is -3.42. The molecule has 1 aliphatic rings. The summed E-state index contributed by atoms with van der Waals surface area (Å²) in [7, 11) is 1.88. The molecule has 1 aliphatic heterocycles. The number of hydrogen-bond donors (Lipinski definition) is 1. The van der Waals surface area contributed by atoms with E-state index < -0.39 is 0 Å². The molecule has 5 rings (SSSR count). The van der Waals surface area contributed by atoms with Crippen LogP contribution in [-0.2, 0) is 31.4 Å². The van der Waals surface area contributed by atoms with E-state index in [2.05, 4.69) is 49.2 Å². The Morgan fingerprint density at radius 1 is 1.21 bits per heavy atom. The number of H-pyrrole nitrogens is 1. The third kappa shape index (κ3) is 3.30. The Labute approximate surface area is 168 Å². The van der Waals surface area contributed by atoms with Crippen LogP contribution in [0.3, 0.4) is 0 Å². The number of carbonyl (C=O) groups excluding carboxylic acids is 1. The maximum absolute atomic E-state index is 12.7. The summed E-state index contributed by atoms with van der Waals surface area (Å²) in [5.74, 6) is 1.83. The van der Waals surface area contributed by atoms with E-state index in [1.807, 2.05) is 24.2 Å². The summed E-state index contributed by atoms with van der Waals surface area (Å²) < 4.78 is 3.84. The molecule has 0 radical (unpaired) electrons. The van der Waals surface area contributed by atoms with Crippen molar-refractivity contribution < 1.29 is 4.79 Å². The molecule has 0 bridgehead atoms. The van der Waals surface area contributed by atoms with Crippen molar-refractivity contribution in [2.45, 2.75) is 32.4 Å². The Morgan fingerprint density at radius 3 is 2.97 bits per heavy atom. The summed E-state index contributed by atoms with van der Waals surface area (Å²) >= 11 is 0. The van der Waals surface area contributed by atoms with E-state index in [0.29, 0.717) is 26.1 Å². The van der Waals surface area contributed by atoms with Gasteiger partial charge >= 0.3 is 0 Å². The van der Waals surface area contributed by atoms with Crippen molar-refractivity contribution in [3.05, 3.63) is 54.2 Å². The van der Waals surface area contributed by atoms with Crippen LogP contribution < -0.4 is 0 Å². The van der Waals surface area contributed by atoms with Crippen molar-refractivity contribution >= 4 is 16.8 Å². The predicted octanol–water partition coefficient (Wildman–Crippen LogP) is 2.53. The summed E-state index contributed by atoms with van der Waals surface area (Å²) in [5.41, 5.74) is 3.37. The third-order valence-electron chi connectivity index (χ3n) is 5.58. The van der Waals surface area contributed by atoms with Crippen LogP contribution in [0.5, 0.6) is 0 Å². The number of aromatic nitrogens is 6. The van der Waals surface area contributed by atoms with Gasteiger partial charge in [0.25, 0.3) is 0 Å². The van der Waals surface area contributed by atoms with E-state index in [1.165, 1.54) is 10.9 Å². The van der Waals surface area contributed by atoms with Crippen molar-refractivity contribution in [2.24, 2.45) is 7.05 Å². The maximum atomic E-state index is 12.7. The minimum atomic E-state index is 0.182. The lowest BCUT2D eigenvalue weighted by Crippen LogP contribution is -2.38. The number of amides is 1. The van der Waals surface area contributed by atoms with Crippen LogP contribution in [0.15, 0.2) is 42.9 Å². The minimum Gasteiger partial charge on any atom is -0.361 e. The summed E-state index contributed by atoms with van der Waals surface area (Å²) in [6, 6.07) is 8.28. The molecule has 0 atom stereocenters. The van der Waals surface area contributed by atoms with Crippen molar-refractivity contribution in [1.29, 1.82) is 0 Å². The molecule has 29 heavy (non-hydrogen) atoms. The molecular formula is C21H23N7O. The van der Waals surface area contributed by atoms with Gasteiger partial charge in [0, 0.05) is 49.9 Å². The topological polar surface area (TPSA) is 84.6 Å². The van der Waals surface area contributed by atoms with Gasteiger partial charge in [-0.3, -0.25) is 9.48 Å². The molecule has 4 heterocycles. The summed E-state index contributed by atoms with van der Waals surface area (Å²) in [4.78, 5) is 17.9. The molecule has 0 unspecified atom stereocenters. The zero-order valence-electron chi connectivity index (χ0n) is 16.4. The van der Waals surface area contributed by atoms with Crippen LogP contribution in [0.4, 0.5) is 0 Å². The fourth-order valence-corrected chi connectivity index (χ4v) is 4.05. The van der Waals surface area contributed by atoms with Crippen LogP contribution in [0, 0.1) is 0 Å². The average molecular weight is 389 g/mol. The second kappa shape index (κ2) is 7.20. The van der Waals surface area contributed by atoms with Gasteiger partial charge in [-0.15, -0.1) is 10.2 Å². The predicted molar refractivity (Wildman–Crippen MR) is 109 cm³/mol. The highest BCUT2D eigenvalue weighted by atomic mass is 16.2. The van der Waals surface area contributed by atoms with Crippen molar-refractivity contribution in [1.82, 2.24) is 34.4 Å². The van der Waals surface area contributed by atoms with E-state index in [-0.39, 0.29) is 5.91 Å². The van der Waals surface area contributed by atoms with Gasteiger partial charge in [0.2, 0.25) is 5.91 Å². The van der Waals surface area contributed by atoms with Gasteiger partial charge in [-0.2, -0.15) is 5.10 Å². The second-order valence-corrected chi connectivity index (χ2v) is 7.52. The lowest BCUT2D eigenvalue weighted by Gasteiger charge is -2.27. The van der Waals surface area contributed by atoms with Crippen molar-refractivity contribution in [3.63, 3.8) is 0 Å². The molecule has 3 aromatic heterocycles. The lowest BCUT2D eigenvalue weighted by atomic mass is 10.1. The van der Waals surface area contributed by atoms with Gasteiger partial charge in [0.15, 0.2) is 11.6 Å². The highest BCUT2D eigenvalue weighted by Gasteiger charge is 2.25. The SMILES string of the molecule is Cn1cc(-c2nnc3n2CCN(C(=O)CCCc2c[nH]c4ccccc24)C3)cn1. The highest BCUT2D eigenvalue weighted by molar-refractivity contribution is 5.83. The Bertz CT molecular complexity index is 1170. The van der Waals surface area contributed by atoms with E-state index in [4.69, 9.17) is 0 Å². The third-order valence-corrected chi connectivity index (χ3v) is 5.58. The fourth-order valence-electron chi connectivity index (χ4n) is 4.05. The van der Waals surface area contributed by atoms with Crippen LogP contribution in [-0.4, -0.2) is 46.9 Å². The van der Waals surface area contributed by atoms with E-state index >= 15 is 0 Å². The van der Waals surface area contributed by atoms with Crippen molar-refractivity contribution in [3.8, 4) is 11.4 Å². The van der Waals surface area contributed by atoms with Crippen LogP contribution in [0.1, 0.15) is 24.2 Å². The van der Waals surface area contributed by atoms with Gasteiger partial charge < -0.3 is 14.5 Å². The Balaban J connectivity index is 1.20. The zero-order valence-corrected chi connectivity index (χ0v) is 16.4. The molecule has 0 fully saturated rings. The number of hydrogen-bond acceptors (Lipinski definition) is 4. The quantitative estimate of drug-likeness (QED) is 0.568. The number of aryl methyl sites for hydroxylation is 2. The van der Waals surface area contributed by atoms with Crippen LogP contribution >= 0.6 is 0 Å². The van der Waals surface area contributed by atoms with E-state index in [9.17, 15) is 4.79 Å². The molecule has 1 aromatic carbocycles. The number of benzene rings is 1. The van der Waals surface area contributed by atoms with Crippen LogP contribution in [0.25, 0.3) is 22.3 Å². The van der Waals surface area contributed by atoms with E-state index in [0.717, 1.165) is 35.6 Å². The first-order valence-corrected chi connectivity index (χ1v) is 9.93. The maximum Gasteiger partial charge on any atom is 0.223 e. The second-order valence-electron chi connectivity index (χ2n) is 7.52. The highest BCUT2D eigenvalue weighted by Crippen LogP contribution is 2.23. The normalized spacial score (nSPS) is 13.8. The zero-order chi connectivity index (χ0) is 19.8. The first-order valence-electron chi connectivity index (χ1n) is 9.93. The Kier molecular flexibility index (Phi) is 4.38. The van der Waals surface area contributed by atoms with Gasteiger partial charge in [-0.05, 0) is 24.5 Å². The standard InChI is InChI=1S/C21H23N7O/c1-26-13-16(12-23-26)21-25-24-19-14-27(9-10-28(19)21)20(29)8-4-5-15-11-22-18-7-3-2-6-17(15)18/h2-3,6-7,11-13,22H,4-5,8-10,14H2,1H3. The number of aromatic amines is 1.